The zero-order chi connectivity index (χ0) is 20.8. The van der Waals surface area contributed by atoms with Gasteiger partial charge < -0.3 is 22.3 Å². The molecule has 0 saturated carbocycles. The van der Waals surface area contributed by atoms with E-state index in [1.807, 2.05) is 42.5 Å². The van der Waals surface area contributed by atoms with Gasteiger partial charge in [0.1, 0.15) is 11.4 Å². The highest BCUT2D eigenvalue weighted by Crippen LogP contribution is 2.26. The fraction of sp³-hybridized carbons (Fsp3) is 0. The molecule has 0 radical (unpaired) electrons. The molecule has 7 N–H and O–H groups in total. The number of nitrogens with two attached hydrogens (primary N) is 3. The number of aromatic hydroxyl groups is 1. The molecule has 0 unspecified atom stereocenters. The first-order valence-electron chi connectivity index (χ1n) is 8.73. The maximum atomic E-state index is 13.6. The summed E-state index contributed by atoms with van der Waals surface area (Å²) >= 11 is 0. The number of rotatable bonds is 2. The molecule has 6 nitrogen and oxygen atoms in total. The van der Waals surface area contributed by atoms with E-state index in [0.29, 0.717) is 5.56 Å². The molecule has 0 aliphatic carbocycles. The molecule has 0 amide bonds. The summed E-state index contributed by atoms with van der Waals surface area (Å²) in [5.41, 5.74) is 20.0. The molecule has 0 atom stereocenters. The van der Waals surface area contributed by atoms with Gasteiger partial charge in [0.15, 0.2) is 11.6 Å². The van der Waals surface area contributed by atoms with Crippen LogP contribution in [0.5, 0.6) is 5.75 Å². The van der Waals surface area contributed by atoms with Crippen molar-refractivity contribution >= 4 is 17.5 Å². The van der Waals surface area contributed by atoms with E-state index in [1.54, 1.807) is 12.1 Å². The average Bonchev–Trinajstić information content (AvgIpc) is 2.72. The van der Waals surface area contributed by atoms with Crippen LogP contribution in [0.2, 0.25) is 0 Å². The lowest BCUT2D eigenvalue weighted by Gasteiger charge is -2.05. The van der Waals surface area contributed by atoms with Crippen molar-refractivity contribution in [2.75, 3.05) is 17.2 Å². The van der Waals surface area contributed by atoms with Gasteiger partial charge in [-0.3, -0.25) is 0 Å². The Hall–Kier alpha value is -4.13. The minimum absolute atomic E-state index is 0.00709. The third kappa shape index (κ3) is 4.78. The minimum Gasteiger partial charge on any atom is -0.508 e. The Morgan fingerprint density at radius 3 is 2.07 bits per heavy atom. The molecule has 4 aromatic rings. The highest BCUT2D eigenvalue weighted by Gasteiger charge is 2.13. The molecular formula is C22H20FN5O. The highest BCUT2D eigenvalue weighted by atomic mass is 19.1. The topological polar surface area (TPSA) is 124 Å². The van der Waals surface area contributed by atoms with Gasteiger partial charge in [0.05, 0.1) is 0 Å². The molecule has 0 aliphatic heterocycles. The Bertz CT molecular complexity index is 1120. The van der Waals surface area contributed by atoms with Crippen LogP contribution in [0.4, 0.5) is 21.8 Å². The van der Waals surface area contributed by atoms with Crippen molar-refractivity contribution in [2.24, 2.45) is 0 Å². The standard InChI is InChI=1S/C12H11N.C10H9FN4O/c13-12-9-5-4-8-11(12)10-6-2-1-3-7-10;11-7-8(14-10(13)15-9(7)12)5-2-1-3-6(16)4-5/h1-9H,13H2;1-4,16H,(H4,12,13,14,15). The van der Waals surface area contributed by atoms with Crippen molar-refractivity contribution in [2.45, 2.75) is 0 Å². The number of phenols is 1. The Labute approximate surface area is 167 Å². The number of anilines is 3. The van der Waals surface area contributed by atoms with Crippen LogP contribution in [-0.2, 0) is 0 Å². The van der Waals surface area contributed by atoms with Crippen molar-refractivity contribution in [1.29, 1.82) is 0 Å². The van der Waals surface area contributed by atoms with Crippen LogP contribution in [0, 0.1) is 5.82 Å². The van der Waals surface area contributed by atoms with E-state index in [4.69, 9.17) is 17.2 Å². The molecule has 0 bridgehead atoms. The minimum atomic E-state index is -0.750. The largest absolute Gasteiger partial charge is 0.508 e. The number of hydrogen-bond donors (Lipinski definition) is 4. The van der Waals surface area contributed by atoms with E-state index in [2.05, 4.69) is 22.1 Å². The lowest BCUT2D eigenvalue weighted by Crippen LogP contribution is -2.04. The number of nitrogens with zero attached hydrogens (tertiary/aromatic N) is 2. The van der Waals surface area contributed by atoms with E-state index < -0.39 is 5.82 Å². The Balaban J connectivity index is 0.000000169. The van der Waals surface area contributed by atoms with Gasteiger partial charge in [0.2, 0.25) is 5.95 Å². The summed E-state index contributed by atoms with van der Waals surface area (Å²) in [4.78, 5) is 7.23. The maximum absolute atomic E-state index is 13.6. The molecule has 7 heteroatoms. The maximum Gasteiger partial charge on any atom is 0.222 e. The zero-order valence-corrected chi connectivity index (χ0v) is 15.5. The van der Waals surface area contributed by atoms with Crippen LogP contribution in [0.3, 0.4) is 0 Å². The summed E-state index contributed by atoms with van der Waals surface area (Å²) in [5.74, 6) is -1.17. The molecule has 0 saturated heterocycles. The van der Waals surface area contributed by atoms with E-state index in [9.17, 15) is 9.50 Å². The first-order valence-corrected chi connectivity index (χ1v) is 8.73. The number of halogens is 1. The van der Waals surface area contributed by atoms with Crippen molar-refractivity contribution in [1.82, 2.24) is 9.97 Å². The summed E-state index contributed by atoms with van der Waals surface area (Å²) in [6.07, 6.45) is 0. The lowest BCUT2D eigenvalue weighted by atomic mass is 10.0. The quantitative estimate of drug-likeness (QED) is 0.383. The summed E-state index contributed by atoms with van der Waals surface area (Å²) < 4.78 is 13.6. The summed E-state index contributed by atoms with van der Waals surface area (Å²) in [6, 6.07) is 24.0. The molecule has 0 aliphatic rings. The second kappa shape index (κ2) is 8.71. The molecule has 1 heterocycles. The Morgan fingerprint density at radius 2 is 1.38 bits per heavy atom. The van der Waals surface area contributed by atoms with Crippen molar-refractivity contribution in [3.8, 4) is 28.1 Å². The van der Waals surface area contributed by atoms with Crippen LogP contribution in [-0.4, -0.2) is 15.1 Å². The van der Waals surface area contributed by atoms with Crippen molar-refractivity contribution in [3.05, 3.63) is 84.7 Å². The molecule has 0 spiro atoms. The first kappa shape index (κ1) is 19.6. The summed E-state index contributed by atoms with van der Waals surface area (Å²) in [6.45, 7) is 0. The Morgan fingerprint density at radius 1 is 0.724 bits per heavy atom. The number of benzene rings is 3. The molecule has 4 rings (SSSR count). The van der Waals surface area contributed by atoms with Gasteiger partial charge in [0.25, 0.3) is 0 Å². The summed E-state index contributed by atoms with van der Waals surface area (Å²) in [5, 5.41) is 9.28. The molecule has 146 valence electrons. The number of phenolic OH excluding ortho intramolecular Hbond substituents is 1. The summed E-state index contributed by atoms with van der Waals surface area (Å²) in [7, 11) is 0. The van der Waals surface area contributed by atoms with E-state index >= 15 is 0 Å². The fourth-order valence-electron chi connectivity index (χ4n) is 2.70. The van der Waals surface area contributed by atoms with Gasteiger partial charge >= 0.3 is 0 Å². The number of para-hydroxylation sites is 1. The molecule has 1 aromatic heterocycles. The predicted octanol–water partition coefficient (Wildman–Crippen LogP) is 4.09. The molecule has 0 fully saturated rings. The van der Waals surface area contributed by atoms with Crippen molar-refractivity contribution < 1.29 is 9.50 Å². The van der Waals surface area contributed by atoms with Gasteiger partial charge in [-0.05, 0) is 23.8 Å². The number of aromatic nitrogens is 2. The van der Waals surface area contributed by atoms with Gasteiger partial charge in [-0.15, -0.1) is 0 Å². The van der Waals surface area contributed by atoms with Gasteiger partial charge in [-0.2, -0.15) is 4.98 Å². The third-order valence-corrected chi connectivity index (χ3v) is 4.06. The Kier molecular flexibility index (Phi) is 5.89. The van der Waals surface area contributed by atoms with Gasteiger partial charge in [0, 0.05) is 16.8 Å². The van der Waals surface area contributed by atoms with Crippen LogP contribution in [0.1, 0.15) is 0 Å². The second-order valence-electron chi connectivity index (χ2n) is 6.13. The molecule has 3 aromatic carbocycles. The lowest BCUT2D eigenvalue weighted by molar-refractivity contribution is 0.475. The number of nitrogen functional groups attached to an aromatic ring is 3. The van der Waals surface area contributed by atoms with Crippen LogP contribution in [0.25, 0.3) is 22.4 Å². The normalized spacial score (nSPS) is 10.1. The van der Waals surface area contributed by atoms with Crippen LogP contribution >= 0.6 is 0 Å². The van der Waals surface area contributed by atoms with Gasteiger partial charge in [-0.25, -0.2) is 9.37 Å². The predicted molar refractivity (Wildman–Crippen MR) is 114 cm³/mol. The SMILES string of the molecule is Nc1ccccc1-c1ccccc1.Nc1nc(N)c(F)c(-c2cccc(O)c2)n1. The van der Waals surface area contributed by atoms with Crippen LogP contribution in [0.15, 0.2) is 78.9 Å². The van der Waals surface area contributed by atoms with E-state index in [-0.39, 0.29) is 23.2 Å². The van der Waals surface area contributed by atoms with Gasteiger partial charge in [-0.1, -0.05) is 60.7 Å². The van der Waals surface area contributed by atoms with Crippen LogP contribution < -0.4 is 17.2 Å². The van der Waals surface area contributed by atoms with Crippen molar-refractivity contribution in [3.63, 3.8) is 0 Å². The highest BCUT2D eigenvalue weighted by molar-refractivity contribution is 5.75. The fourth-order valence-corrected chi connectivity index (χ4v) is 2.70. The number of hydrogen-bond acceptors (Lipinski definition) is 6. The third-order valence-electron chi connectivity index (χ3n) is 4.06. The zero-order valence-electron chi connectivity index (χ0n) is 15.5. The smallest absolute Gasteiger partial charge is 0.222 e. The monoisotopic (exact) mass is 389 g/mol. The second-order valence-corrected chi connectivity index (χ2v) is 6.13. The van der Waals surface area contributed by atoms with E-state index in [1.165, 1.54) is 17.7 Å². The molecular weight excluding hydrogens is 369 g/mol. The average molecular weight is 389 g/mol. The molecule has 29 heavy (non-hydrogen) atoms. The van der Waals surface area contributed by atoms with E-state index in [0.717, 1.165) is 11.3 Å². The first-order chi connectivity index (χ1) is 14.0.